The van der Waals surface area contributed by atoms with Gasteiger partial charge in [0.15, 0.2) is 0 Å². The molecule has 0 saturated heterocycles. The summed E-state index contributed by atoms with van der Waals surface area (Å²) in [4.78, 5) is 0. The highest BCUT2D eigenvalue weighted by Crippen LogP contribution is 2.36. The van der Waals surface area contributed by atoms with E-state index < -0.39 is 6.10 Å². The molecular formula is C13H16BrClO2. The van der Waals surface area contributed by atoms with E-state index in [2.05, 4.69) is 15.9 Å². The average molecular weight is 320 g/mol. The maximum atomic E-state index is 10.2. The molecule has 2 unspecified atom stereocenters. The van der Waals surface area contributed by atoms with Crippen LogP contribution in [0.25, 0.3) is 0 Å². The zero-order valence-corrected chi connectivity index (χ0v) is 12.0. The van der Waals surface area contributed by atoms with Gasteiger partial charge in [-0.05, 0) is 36.5 Å². The van der Waals surface area contributed by atoms with E-state index in [1.54, 1.807) is 7.11 Å². The Morgan fingerprint density at radius 3 is 2.76 bits per heavy atom. The van der Waals surface area contributed by atoms with Gasteiger partial charge in [-0.25, -0.2) is 0 Å². The lowest BCUT2D eigenvalue weighted by Gasteiger charge is -2.21. The van der Waals surface area contributed by atoms with Crippen molar-refractivity contribution in [3.05, 3.63) is 33.3 Å². The monoisotopic (exact) mass is 318 g/mol. The third-order valence-corrected chi connectivity index (χ3v) is 4.03. The second-order valence-corrected chi connectivity index (χ2v) is 5.87. The van der Waals surface area contributed by atoms with Crippen molar-refractivity contribution in [2.24, 2.45) is 5.92 Å². The van der Waals surface area contributed by atoms with Gasteiger partial charge >= 0.3 is 0 Å². The van der Waals surface area contributed by atoms with Crippen LogP contribution in [0.4, 0.5) is 0 Å². The zero-order chi connectivity index (χ0) is 12.4. The number of hydrogen-bond donors (Lipinski definition) is 1. The quantitative estimate of drug-likeness (QED) is 0.901. The van der Waals surface area contributed by atoms with Gasteiger partial charge in [-0.15, -0.1) is 0 Å². The summed E-state index contributed by atoms with van der Waals surface area (Å²) >= 11 is 9.50. The molecule has 0 aromatic heterocycles. The van der Waals surface area contributed by atoms with Crippen molar-refractivity contribution in [1.82, 2.24) is 0 Å². The second-order valence-electron chi connectivity index (χ2n) is 4.54. The summed E-state index contributed by atoms with van der Waals surface area (Å²) in [7, 11) is 1.66. The molecule has 1 aliphatic rings. The number of benzene rings is 1. The zero-order valence-electron chi connectivity index (χ0n) is 9.70. The maximum Gasteiger partial charge on any atom is 0.0861 e. The van der Waals surface area contributed by atoms with Gasteiger partial charge < -0.3 is 9.84 Å². The molecule has 1 fully saturated rings. The van der Waals surface area contributed by atoms with Crippen LogP contribution in [0.5, 0.6) is 0 Å². The van der Waals surface area contributed by atoms with Gasteiger partial charge in [0.05, 0.1) is 12.2 Å². The van der Waals surface area contributed by atoms with Crippen LogP contribution in [-0.2, 0) is 11.2 Å². The van der Waals surface area contributed by atoms with Crippen molar-refractivity contribution < 1.29 is 9.84 Å². The number of hydrogen-bond acceptors (Lipinski definition) is 2. The lowest BCUT2D eigenvalue weighted by Crippen LogP contribution is -2.31. The highest BCUT2D eigenvalue weighted by atomic mass is 79.9. The number of aliphatic hydroxyl groups excluding tert-OH is 1. The molecule has 1 saturated carbocycles. The van der Waals surface area contributed by atoms with Crippen molar-refractivity contribution in [2.45, 2.75) is 31.5 Å². The fourth-order valence-corrected chi connectivity index (χ4v) is 2.87. The molecular weight excluding hydrogens is 303 g/mol. The van der Waals surface area contributed by atoms with Crippen molar-refractivity contribution >= 4 is 27.5 Å². The Bertz CT molecular complexity index is 393. The molecule has 94 valence electrons. The summed E-state index contributed by atoms with van der Waals surface area (Å²) in [5, 5.41) is 10.9. The van der Waals surface area contributed by atoms with Crippen LogP contribution in [0.3, 0.4) is 0 Å². The first-order chi connectivity index (χ1) is 8.11. The summed E-state index contributed by atoms with van der Waals surface area (Å²) in [5.74, 6) is 0.518. The Morgan fingerprint density at radius 1 is 1.53 bits per heavy atom. The Labute approximate surface area is 115 Å². The SMILES string of the molecule is COC(C(O)Cc1ccc(Br)cc1Cl)C1CC1. The first-order valence-corrected chi connectivity index (χ1v) is 6.93. The van der Waals surface area contributed by atoms with Crippen LogP contribution >= 0.6 is 27.5 Å². The molecule has 2 rings (SSSR count). The smallest absolute Gasteiger partial charge is 0.0861 e. The van der Waals surface area contributed by atoms with Gasteiger partial charge in [0.2, 0.25) is 0 Å². The minimum Gasteiger partial charge on any atom is -0.390 e. The predicted molar refractivity (Wildman–Crippen MR) is 72.4 cm³/mol. The molecule has 0 heterocycles. The predicted octanol–water partition coefficient (Wildman–Crippen LogP) is 3.43. The topological polar surface area (TPSA) is 29.5 Å². The first-order valence-electron chi connectivity index (χ1n) is 5.76. The standard InChI is InChI=1S/C13H16BrClO2/c1-17-13(8-2-3-8)12(16)6-9-4-5-10(14)7-11(9)15/h4-5,7-8,12-13,16H,2-3,6H2,1H3. The third kappa shape index (κ3) is 3.44. The average Bonchev–Trinajstić information content (AvgIpc) is 3.08. The minimum absolute atomic E-state index is 0.0605. The van der Waals surface area contributed by atoms with E-state index >= 15 is 0 Å². The van der Waals surface area contributed by atoms with Crippen molar-refractivity contribution in [3.63, 3.8) is 0 Å². The number of aliphatic hydroxyl groups is 1. The molecule has 0 bridgehead atoms. The molecule has 4 heteroatoms. The molecule has 1 N–H and O–H groups in total. The van der Waals surface area contributed by atoms with E-state index in [0.29, 0.717) is 17.4 Å². The molecule has 2 atom stereocenters. The van der Waals surface area contributed by atoms with Crippen LogP contribution in [0.2, 0.25) is 5.02 Å². The number of methoxy groups -OCH3 is 1. The van der Waals surface area contributed by atoms with E-state index in [0.717, 1.165) is 22.9 Å². The van der Waals surface area contributed by atoms with Gasteiger partial charge in [-0.3, -0.25) is 0 Å². The highest BCUT2D eigenvalue weighted by Gasteiger charge is 2.36. The molecule has 17 heavy (non-hydrogen) atoms. The molecule has 1 aromatic carbocycles. The van der Waals surface area contributed by atoms with E-state index in [1.165, 1.54) is 0 Å². The molecule has 1 aliphatic carbocycles. The van der Waals surface area contributed by atoms with E-state index in [-0.39, 0.29) is 6.10 Å². The van der Waals surface area contributed by atoms with Crippen LogP contribution in [-0.4, -0.2) is 24.4 Å². The van der Waals surface area contributed by atoms with Gasteiger partial charge in [0, 0.05) is 23.0 Å². The van der Waals surface area contributed by atoms with Gasteiger partial charge in [-0.1, -0.05) is 33.6 Å². The second kappa shape index (κ2) is 5.70. The maximum absolute atomic E-state index is 10.2. The summed E-state index contributed by atoms with van der Waals surface area (Å²) in [6, 6.07) is 5.73. The number of halogens is 2. The van der Waals surface area contributed by atoms with E-state index in [9.17, 15) is 5.11 Å². The lowest BCUT2D eigenvalue weighted by atomic mass is 10.0. The Morgan fingerprint density at radius 2 is 2.24 bits per heavy atom. The van der Waals surface area contributed by atoms with Gasteiger partial charge in [0.1, 0.15) is 0 Å². The van der Waals surface area contributed by atoms with Gasteiger partial charge in [0.25, 0.3) is 0 Å². The first kappa shape index (κ1) is 13.3. The number of rotatable bonds is 5. The largest absolute Gasteiger partial charge is 0.390 e. The molecule has 0 amide bonds. The Kier molecular flexibility index (Phi) is 4.47. The fourth-order valence-electron chi connectivity index (χ4n) is 2.12. The van der Waals surface area contributed by atoms with E-state index in [1.807, 2.05) is 18.2 Å². The molecule has 1 aromatic rings. The molecule has 0 spiro atoms. The van der Waals surface area contributed by atoms with Crippen molar-refractivity contribution in [2.75, 3.05) is 7.11 Å². The van der Waals surface area contributed by atoms with Gasteiger partial charge in [-0.2, -0.15) is 0 Å². The summed E-state index contributed by atoms with van der Waals surface area (Å²) in [6.45, 7) is 0. The Balaban J connectivity index is 2.03. The van der Waals surface area contributed by atoms with Crippen LogP contribution in [0, 0.1) is 5.92 Å². The molecule has 2 nitrogen and oxygen atoms in total. The normalized spacial score (nSPS) is 19.1. The van der Waals surface area contributed by atoms with E-state index in [4.69, 9.17) is 16.3 Å². The Hall–Kier alpha value is -0.0900. The van der Waals surface area contributed by atoms with Crippen LogP contribution in [0.15, 0.2) is 22.7 Å². The summed E-state index contributed by atoms with van der Waals surface area (Å²) in [6.07, 6.45) is 2.31. The van der Waals surface area contributed by atoms with Crippen LogP contribution in [0.1, 0.15) is 18.4 Å². The number of ether oxygens (including phenoxy) is 1. The lowest BCUT2D eigenvalue weighted by molar-refractivity contribution is -0.0237. The summed E-state index contributed by atoms with van der Waals surface area (Å²) < 4.78 is 6.32. The third-order valence-electron chi connectivity index (χ3n) is 3.18. The molecule has 0 radical (unpaired) electrons. The highest BCUT2D eigenvalue weighted by molar-refractivity contribution is 9.10. The minimum atomic E-state index is -0.480. The van der Waals surface area contributed by atoms with Crippen molar-refractivity contribution in [1.29, 1.82) is 0 Å². The van der Waals surface area contributed by atoms with Crippen molar-refractivity contribution in [3.8, 4) is 0 Å². The van der Waals surface area contributed by atoms with Crippen LogP contribution < -0.4 is 0 Å². The summed E-state index contributed by atoms with van der Waals surface area (Å²) in [5.41, 5.74) is 0.963. The fraction of sp³-hybridized carbons (Fsp3) is 0.538. The molecule has 0 aliphatic heterocycles.